The second kappa shape index (κ2) is 6.72. The molecule has 3 heterocycles. The summed E-state index contributed by atoms with van der Waals surface area (Å²) in [6.07, 6.45) is 0.336. The van der Waals surface area contributed by atoms with Crippen LogP contribution in [0, 0.1) is 0 Å². The van der Waals surface area contributed by atoms with Crippen LogP contribution in [0.2, 0.25) is 0 Å². The molecule has 142 valence electrons. The number of fused-ring (bicyclic) bond motifs is 2. The maximum Gasteiger partial charge on any atom is 0.231 e. The number of nitrogens with zero attached hydrogens (tertiary/aromatic N) is 1. The Morgan fingerprint density at radius 2 is 2.11 bits per heavy atom. The average molecular weight is 395 g/mol. The van der Waals surface area contributed by atoms with Crippen LogP contribution in [-0.4, -0.2) is 24.8 Å². The quantitative estimate of drug-likeness (QED) is 0.692. The fourth-order valence-electron chi connectivity index (χ4n) is 3.44. The fraction of sp³-hybridized carbons (Fsp3) is 0.200. The Morgan fingerprint density at radius 1 is 1.25 bits per heavy atom. The van der Waals surface area contributed by atoms with Crippen molar-refractivity contribution in [2.45, 2.75) is 12.3 Å². The van der Waals surface area contributed by atoms with Crippen LogP contribution in [0.25, 0.3) is 0 Å². The van der Waals surface area contributed by atoms with Crippen LogP contribution in [0.4, 0.5) is 16.6 Å². The number of thiazole rings is 1. The van der Waals surface area contributed by atoms with Crippen molar-refractivity contribution >= 4 is 33.9 Å². The normalized spacial score (nSPS) is 17.0. The molecule has 5 rings (SSSR count). The molecule has 3 aromatic rings. The van der Waals surface area contributed by atoms with Crippen LogP contribution < -0.4 is 24.8 Å². The first-order valence-electron chi connectivity index (χ1n) is 8.81. The van der Waals surface area contributed by atoms with Gasteiger partial charge in [0.15, 0.2) is 16.6 Å². The summed E-state index contributed by atoms with van der Waals surface area (Å²) < 4.78 is 16.5. The number of nitrogens with one attached hydrogen (secondary N) is 2. The molecule has 0 radical (unpaired) electrons. The van der Waals surface area contributed by atoms with Crippen molar-refractivity contribution < 1.29 is 19.0 Å². The maximum absolute atomic E-state index is 12.3. The van der Waals surface area contributed by atoms with E-state index in [2.05, 4.69) is 15.6 Å². The molecule has 0 spiro atoms. The number of para-hydroxylation sites is 1. The van der Waals surface area contributed by atoms with Gasteiger partial charge in [0.05, 0.1) is 12.0 Å². The van der Waals surface area contributed by atoms with Crippen LogP contribution in [0.15, 0.2) is 42.5 Å². The fourth-order valence-corrected chi connectivity index (χ4v) is 4.51. The topological polar surface area (TPSA) is 81.7 Å². The molecule has 1 unspecified atom stereocenters. The molecule has 28 heavy (non-hydrogen) atoms. The first-order chi connectivity index (χ1) is 13.7. The summed E-state index contributed by atoms with van der Waals surface area (Å²) in [4.78, 5) is 17.9. The average Bonchev–Trinajstić information content (AvgIpc) is 3.33. The van der Waals surface area contributed by atoms with Gasteiger partial charge in [-0.05, 0) is 29.8 Å². The van der Waals surface area contributed by atoms with E-state index in [0.29, 0.717) is 29.5 Å². The second-order valence-corrected chi connectivity index (χ2v) is 7.52. The number of carbonyl (C=O) groups is 1. The number of rotatable bonds is 4. The highest BCUT2D eigenvalue weighted by atomic mass is 32.1. The number of hydrogen-bond donors (Lipinski definition) is 2. The third-order valence-electron chi connectivity index (χ3n) is 4.73. The van der Waals surface area contributed by atoms with E-state index < -0.39 is 0 Å². The van der Waals surface area contributed by atoms with Crippen molar-refractivity contribution in [2.75, 3.05) is 24.5 Å². The number of carbonyl (C=O) groups excluding carboxylic acids is 1. The van der Waals surface area contributed by atoms with E-state index in [1.165, 1.54) is 11.3 Å². The van der Waals surface area contributed by atoms with Gasteiger partial charge in [0.2, 0.25) is 18.4 Å². The number of amides is 1. The van der Waals surface area contributed by atoms with Crippen LogP contribution >= 0.6 is 11.3 Å². The highest BCUT2D eigenvalue weighted by Gasteiger charge is 2.32. The van der Waals surface area contributed by atoms with Gasteiger partial charge in [0.1, 0.15) is 5.82 Å². The minimum atomic E-state index is -0.129. The van der Waals surface area contributed by atoms with E-state index in [-0.39, 0.29) is 18.6 Å². The molecule has 8 heteroatoms. The van der Waals surface area contributed by atoms with Gasteiger partial charge in [-0.2, -0.15) is 0 Å². The number of aromatic nitrogens is 1. The SMILES string of the molecule is COc1cc(C2CC(=O)Nc3nc(Nc4ccccc4)sc32)cc2c1OCO2. The van der Waals surface area contributed by atoms with E-state index in [1.807, 2.05) is 42.5 Å². The summed E-state index contributed by atoms with van der Waals surface area (Å²) in [5.41, 5.74) is 1.88. The second-order valence-electron chi connectivity index (χ2n) is 6.48. The molecule has 0 saturated heterocycles. The van der Waals surface area contributed by atoms with Gasteiger partial charge >= 0.3 is 0 Å². The molecule has 2 aliphatic heterocycles. The summed E-state index contributed by atoms with van der Waals surface area (Å²) in [5, 5.41) is 6.91. The molecule has 1 atom stereocenters. The first kappa shape index (κ1) is 16.9. The third-order valence-corrected chi connectivity index (χ3v) is 5.81. The summed E-state index contributed by atoms with van der Waals surface area (Å²) >= 11 is 1.53. The lowest BCUT2D eigenvalue weighted by Crippen LogP contribution is -2.22. The van der Waals surface area contributed by atoms with Crippen molar-refractivity contribution in [3.63, 3.8) is 0 Å². The largest absolute Gasteiger partial charge is 0.493 e. The molecule has 2 N–H and O–H groups in total. The van der Waals surface area contributed by atoms with E-state index in [0.717, 1.165) is 21.3 Å². The predicted molar refractivity (Wildman–Crippen MR) is 106 cm³/mol. The molecule has 1 aromatic heterocycles. The zero-order valence-electron chi connectivity index (χ0n) is 15.0. The van der Waals surface area contributed by atoms with Gasteiger partial charge in [-0.3, -0.25) is 4.79 Å². The number of anilines is 3. The van der Waals surface area contributed by atoms with Gasteiger partial charge in [0, 0.05) is 18.0 Å². The van der Waals surface area contributed by atoms with Gasteiger partial charge < -0.3 is 24.8 Å². The van der Waals surface area contributed by atoms with E-state index in [4.69, 9.17) is 14.2 Å². The number of benzene rings is 2. The van der Waals surface area contributed by atoms with Crippen LogP contribution in [0.3, 0.4) is 0 Å². The van der Waals surface area contributed by atoms with Crippen LogP contribution in [0.5, 0.6) is 17.2 Å². The van der Waals surface area contributed by atoms with Crippen molar-refractivity contribution in [1.82, 2.24) is 4.98 Å². The molecule has 0 saturated carbocycles. The van der Waals surface area contributed by atoms with Crippen molar-refractivity contribution in [3.8, 4) is 17.2 Å². The lowest BCUT2D eigenvalue weighted by molar-refractivity contribution is -0.116. The number of methoxy groups -OCH3 is 1. The molecule has 2 aromatic carbocycles. The third kappa shape index (κ3) is 2.91. The molecule has 0 fully saturated rings. The highest BCUT2D eigenvalue weighted by molar-refractivity contribution is 7.16. The van der Waals surface area contributed by atoms with Gasteiger partial charge in [-0.25, -0.2) is 4.98 Å². The van der Waals surface area contributed by atoms with Crippen molar-refractivity contribution in [2.24, 2.45) is 0 Å². The van der Waals surface area contributed by atoms with E-state index in [1.54, 1.807) is 7.11 Å². The van der Waals surface area contributed by atoms with E-state index >= 15 is 0 Å². The smallest absolute Gasteiger partial charge is 0.231 e. The molecule has 7 nitrogen and oxygen atoms in total. The molecule has 0 bridgehead atoms. The maximum atomic E-state index is 12.3. The highest BCUT2D eigenvalue weighted by Crippen LogP contribution is 2.48. The zero-order chi connectivity index (χ0) is 19.1. The zero-order valence-corrected chi connectivity index (χ0v) is 15.8. The number of hydrogen-bond acceptors (Lipinski definition) is 7. The Morgan fingerprint density at radius 3 is 2.93 bits per heavy atom. The standard InChI is InChI=1S/C20H17N3O4S/c1-25-14-7-11(8-15-17(14)27-10-26-15)13-9-16(24)22-19-18(13)28-20(23-19)21-12-5-3-2-4-6-12/h2-8,13H,9-10H2,1H3,(H,21,23)(H,22,24). The minimum absolute atomic E-state index is 0.0642. The Kier molecular flexibility index (Phi) is 4.05. The van der Waals surface area contributed by atoms with E-state index in [9.17, 15) is 4.79 Å². The minimum Gasteiger partial charge on any atom is -0.493 e. The Bertz CT molecular complexity index is 1050. The predicted octanol–water partition coefficient (Wildman–Crippen LogP) is 4.10. The van der Waals surface area contributed by atoms with Crippen LogP contribution in [0.1, 0.15) is 22.8 Å². The van der Waals surface area contributed by atoms with Crippen LogP contribution in [-0.2, 0) is 4.79 Å². The monoisotopic (exact) mass is 395 g/mol. The Balaban J connectivity index is 1.53. The van der Waals surface area contributed by atoms with Gasteiger partial charge in [-0.15, -0.1) is 0 Å². The summed E-state index contributed by atoms with van der Waals surface area (Å²) in [6, 6.07) is 13.6. The van der Waals surface area contributed by atoms with Gasteiger partial charge in [-0.1, -0.05) is 29.5 Å². The summed E-state index contributed by atoms with van der Waals surface area (Å²) in [7, 11) is 1.59. The lowest BCUT2D eigenvalue weighted by Gasteiger charge is -2.22. The molecule has 0 aliphatic carbocycles. The number of ether oxygens (including phenoxy) is 3. The molecular weight excluding hydrogens is 378 g/mol. The Labute approximate surface area is 165 Å². The summed E-state index contributed by atoms with van der Waals surface area (Å²) in [6.45, 7) is 0.164. The Hall–Kier alpha value is -3.26. The molecular formula is C20H17N3O4S. The first-order valence-corrected chi connectivity index (χ1v) is 9.63. The van der Waals surface area contributed by atoms with Crippen molar-refractivity contribution in [3.05, 3.63) is 52.9 Å². The van der Waals surface area contributed by atoms with Gasteiger partial charge in [0.25, 0.3) is 0 Å². The van der Waals surface area contributed by atoms with Crippen molar-refractivity contribution in [1.29, 1.82) is 0 Å². The lowest BCUT2D eigenvalue weighted by atomic mass is 9.91. The summed E-state index contributed by atoms with van der Waals surface area (Å²) in [5.74, 6) is 2.24. The molecule has 1 amide bonds. The molecule has 2 aliphatic rings.